The molecule has 0 aliphatic heterocycles. The van der Waals surface area contributed by atoms with Crippen LogP contribution >= 0.6 is 7.82 Å². The molecular formula is C54H107O8P. The highest BCUT2D eigenvalue weighted by Gasteiger charge is 2.23. The molecule has 0 saturated heterocycles. The van der Waals surface area contributed by atoms with Crippen molar-refractivity contribution < 1.29 is 37.9 Å². The molecule has 0 heterocycles. The van der Waals surface area contributed by atoms with Gasteiger partial charge >= 0.3 is 19.8 Å². The minimum absolute atomic E-state index is 0.221. The number of phosphoric ester groups is 1. The first-order valence-corrected chi connectivity index (χ1v) is 29.4. The van der Waals surface area contributed by atoms with E-state index in [-0.39, 0.29) is 19.4 Å². The third kappa shape index (κ3) is 53.5. The number of phosphoric acid groups is 1. The van der Waals surface area contributed by atoms with Crippen LogP contribution in [0.5, 0.6) is 0 Å². The van der Waals surface area contributed by atoms with E-state index in [0.29, 0.717) is 6.42 Å². The highest BCUT2D eigenvalue weighted by Crippen LogP contribution is 2.36. The number of hydrogen-bond donors (Lipinski definition) is 2. The van der Waals surface area contributed by atoms with Gasteiger partial charge in [0.25, 0.3) is 0 Å². The van der Waals surface area contributed by atoms with Gasteiger partial charge in [-0.05, 0) is 12.8 Å². The van der Waals surface area contributed by atoms with E-state index in [4.69, 9.17) is 19.3 Å². The number of ether oxygens (including phenoxy) is 2. The van der Waals surface area contributed by atoms with Gasteiger partial charge in [0.05, 0.1) is 6.61 Å². The van der Waals surface area contributed by atoms with Gasteiger partial charge in [-0.15, -0.1) is 0 Å². The third-order valence-electron chi connectivity index (χ3n) is 12.9. The predicted molar refractivity (Wildman–Crippen MR) is 267 cm³/mol. The fourth-order valence-corrected chi connectivity index (χ4v) is 9.09. The van der Waals surface area contributed by atoms with Crippen molar-refractivity contribution in [2.75, 3.05) is 13.2 Å². The zero-order valence-electron chi connectivity index (χ0n) is 42.0. The van der Waals surface area contributed by atoms with Crippen molar-refractivity contribution in [1.29, 1.82) is 0 Å². The molecule has 0 bridgehead atoms. The molecule has 0 aromatic heterocycles. The number of unbranched alkanes of at least 4 members (excludes halogenated alkanes) is 43. The van der Waals surface area contributed by atoms with E-state index in [1.54, 1.807) is 0 Å². The minimum Gasteiger partial charge on any atom is -0.462 e. The Kier molecular flexibility index (Phi) is 49.7. The zero-order valence-corrected chi connectivity index (χ0v) is 42.9. The molecule has 0 aromatic rings. The average molecular weight is 915 g/mol. The Morgan fingerprint density at radius 1 is 0.349 bits per heavy atom. The summed E-state index contributed by atoms with van der Waals surface area (Å²) in [4.78, 5) is 43.2. The lowest BCUT2D eigenvalue weighted by Crippen LogP contribution is -2.29. The van der Waals surface area contributed by atoms with Crippen LogP contribution in [0.25, 0.3) is 0 Å². The van der Waals surface area contributed by atoms with Gasteiger partial charge in [0.1, 0.15) is 6.61 Å². The smallest absolute Gasteiger partial charge is 0.462 e. The standard InChI is InChI=1S/C54H107O8P/c1-3-5-7-9-11-13-15-17-19-21-23-25-27-29-31-33-35-37-39-41-43-45-47-49-54(56)62-52(51-61-63(57,58)59)50-60-53(55)48-46-44-42-40-38-36-34-32-30-28-26-24-22-20-18-16-14-12-10-8-6-4-2/h52H,3-51H2,1-2H3,(H2,57,58,59)/t52-/m1/s1. The van der Waals surface area contributed by atoms with Crippen molar-refractivity contribution in [3.05, 3.63) is 0 Å². The molecule has 2 N–H and O–H groups in total. The van der Waals surface area contributed by atoms with Gasteiger partial charge in [0.15, 0.2) is 6.10 Å². The molecule has 0 aliphatic rings. The number of carbonyl (C=O) groups excluding carboxylic acids is 2. The summed E-state index contributed by atoms with van der Waals surface area (Å²) < 4.78 is 26.6. The van der Waals surface area contributed by atoms with Gasteiger partial charge in [-0.25, -0.2) is 4.57 Å². The molecule has 0 unspecified atom stereocenters. The van der Waals surface area contributed by atoms with Crippen molar-refractivity contribution in [3.8, 4) is 0 Å². The molecule has 0 spiro atoms. The van der Waals surface area contributed by atoms with E-state index in [0.717, 1.165) is 32.1 Å². The van der Waals surface area contributed by atoms with Gasteiger partial charge in [-0.2, -0.15) is 0 Å². The van der Waals surface area contributed by atoms with Gasteiger partial charge < -0.3 is 19.3 Å². The fourth-order valence-electron chi connectivity index (χ4n) is 8.73. The van der Waals surface area contributed by atoms with Gasteiger partial charge in [0.2, 0.25) is 0 Å². The highest BCUT2D eigenvalue weighted by atomic mass is 31.2. The second kappa shape index (κ2) is 50.5. The molecule has 0 saturated carbocycles. The molecule has 0 fully saturated rings. The molecule has 0 aliphatic carbocycles. The lowest BCUT2D eigenvalue weighted by atomic mass is 10.0. The van der Waals surface area contributed by atoms with Crippen molar-refractivity contribution >= 4 is 19.8 Å². The highest BCUT2D eigenvalue weighted by molar-refractivity contribution is 7.46. The van der Waals surface area contributed by atoms with E-state index >= 15 is 0 Å². The molecule has 376 valence electrons. The SMILES string of the molecule is CCCCCCCCCCCCCCCCCCCCCCCCCC(=O)O[C@H](COC(=O)CCCCCCCCCCCCCCCCCCCCCCCC)COP(=O)(O)O. The summed E-state index contributed by atoms with van der Waals surface area (Å²) in [5.41, 5.74) is 0. The minimum atomic E-state index is -4.76. The Bertz CT molecular complexity index is 987. The van der Waals surface area contributed by atoms with Crippen LogP contribution in [-0.2, 0) is 28.2 Å². The summed E-state index contributed by atoms with van der Waals surface area (Å²) in [5, 5.41) is 0. The Morgan fingerprint density at radius 3 is 0.810 bits per heavy atom. The number of hydrogen-bond acceptors (Lipinski definition) is 6. The van der Waals surface area contributed by atoms with Crippen LogP contribution in [0.2, 0.25) is 0 Å². The predicted octanol–water partition coefficient (Wildman–Crippen LogP) is 17.9. The van der Waals surface area contributed by atoms with Gasteiger partial charge in [-0.3, -0.25) is 14.1 Å². The second-order valence-electron chi connectivity index (χ2n) is 19.3. The zero-order chi connectivity index (χ0) is 46.0. The number of carbonyl (C=O) groups is 2. The topological polar surface area (TPSA) is 119 Å². The molecule has 63 heavy (non-hydrogen) atoms. The Morgan fingerprint density at radius 2 is 0.571 bits per heavy atom. The molecule has 0 rings (SSSR count). The molecule has 0 amide bonds. The first kappa shape index (κ1) is 62.1. The molecule has 1 atom stereocenters. The van der Waals surface area contributed by atoms with Crippen molar-refractivity contribution in [1.82, 2.24) is 0 Å². The maximum absolute atomic E-state index is 12.5. The van der Waals surface area contributed by atoms with Crippen molar-refractivity contribution in [3.63, 3.8) is 0 Å². The summed E-state index contributed by atoms with van der Waals surface area (Å²) in [6.07, 6.45) is 58.5. The Labute approximate surface area is 391 Å². The normalized spacial score (nSPS) is 12.3. The molecule has 0 aromatic carbocycles. The molecular weight excluding hydrogens is 808 g/mol. The van der Waals surface area contributed by atoms with Crippen LogP contribution in [0.3, 0.4) is 0 Å². The van der Waals surface area contributed by atoms with E-state index < -0.39 is 32.5 Å². The number of esters is 2. The quantitative estimate of drug-likeness (QED) is 0.0352. The van der Waals surface area contributed by atoms with Crippen LogP contribution in [0.4, 0.5) is 0 Å². The summed E-state index contributed by atoms with van der Waals surface area (Å²) in [6.45, 7) is 3.77. The summed E-state index contributed by atoms with van der Waals surface area (Å²) in [5.74, 6) is -0.858. The van der Waals surface area contributed by atoms with E-state index in [2.05, 4.69) is 18.4 Å². The summed E-state index contributed by atoms with van der Waals surface area (Å²) in [7, 11) is -4.76. The summed E-state index contributed by atoms with van der Waals surface area (Å²) in [6, 6.07) is 0. The molecule has 0 radical (unpaired) electrons. The van der Waals surface area contributed by atoms with Crippen LogP contribution in [0.1, 0.15) is 316 Å². The van der Waals surface area contributed by atoms with Crippen LogP contribution < -0.4 is 0 Å². The van der Waals surface area contributed by atoms with E-state index in [9.17, 15) is 14.2 Å². The van der Waals surface area contributed by atoms with E-state index in [1.807, 2.05) is 0 Å². The van der Waals surface area contributed by atoms with Crippen molar-refractivity contribution in [2.45, 2.75) is 322 Å². The largest absolute Gasteiger partial charge is 0.469 e. The fraction of sp³-hybridized carbons (Fsp3) is 0.963. The molecule has 9 heteroatoms. The maximum atomic E-state index is 12.5. The number of rotatable bonds is 53. The van der Waals surface area contributed by atoms with Crippen molar-refractivity contribution in [2.24, 2.45) is 0 Å². The van der Waals surface area contributed by atoms with Crippen LogP contribution in [0.15, 0.2) is 0 Å². The van der Waals surface area contributed by atoms with Gasteiger partial charge in [-0.1, -0.05) is 290 Å². The first-order chi connectivity index (χ1) is 30.8. The first-order valence-electron chi connectivity index (χ1n) is 27.8. The maximum Gasteiger partial charge on any atom is 0.469 e. The van der Waals surface area contributed by atoms with E-state index in [1.165, 1.54) is 250 Å². The Hall–Kier alpha value is -0.950. The van der Waals surface area contributed by atoms with Gasteiger partial charge in [0, 0.05) is 12.8 Å². The third-order valence-corrected chi connectivity index (χ3v) is 13.4. The van der Waals surface area contributed by atoms with Crippen LogP contribution in [-0.4, -0.2) is 41.0 Å². The monoisotopic (exact) mass is 915 g/mol. The Balaban J connectivity index is 3.71. The lowest BCUT2D eigenvalue weighted by Gasteiger charge is -2.18. The second-order valence-corrected chi connectivity index (χ2v) is 20.5. The lowest BCUT2D eigenvalue weighted by molar-refractivity contribution is -0.161. The summed E-state index contributed by atoms with van der Waals surface area (Å²) >= 11 is 0. The molecule has 8 nitrogen and oxygen atoms in total. The van der Waals surface area contributed by atoms with Crippen LogP contribution in [0, 0.1) is 0 Å². The average Bonchev–Trinajstić information content (AvgIpc) is 3.26.